The van der Waals surface area contributed by atoms with Crippen LogP contribution < -0.4 is 14.2 Å². The third-order valence-electron chi connectivity index (χ3n) is 4.47. The number of nitrogens with one attached hydrogen (secondary N) is 1. The number of ether oxygens (including phenoxy) is 2. The third kappa shape index (κ3) is 10.4. The van der Waals surface area contributed by atoms with Crippen LogP contribution in [0.2, 0.25) is 0 Å². The zero-order chi connectivity index (χ0) is 26.6. The Labute approximate surface area is 206 Å². The Kier molecular flexibility index (Phi) is 12.3. The number of carbonyl (C=O) groups is 2. The lowest BCUT2D eigenvalue weighted by molar-refractivity contribution is -0.121. The Hall–Kier alpha value is -3.05. The number of amides is 1. The van der Waals surface area contributed by atoms with Crippen molar-refractivity contribution in [1.82, 2.24) is 9.62 Å². The molecule has 1 N–H and O–H groups in total. The second kappa shape index (κ2) is 14.4. The van der Waals surface area contributed by atoms with Gasteiger partial charge in [0.1, 0.15) is 18.6 Å². The fraction of sp³-hybridized carbons (Fsp3) is 0.333. The van der Waals surface area contributed by atoms with Crippen molar-refractivity contribution in [3.63, 3.8) is 0 Å². The minimum Gasteiger partial charge on any atom is -0.496 e. The fourth-order valence-corrected chi connectivity index (χ4v) is 3.49. The molecule has 1 amide bonds. The molecule has 0 radical (unpaired) electrons. The topological polar surface area (TPSA) is 67.9 Å². The van der Waals surface area contributed by atoms with Crippen LogP contribution in [-0.2, 0) is 16.0 Å². The summed E-state index contributed by atoms with van der Waals surface area (Å²) < 4.78 is 63.5. The maximum absolute atomic E-state index is 14.2. The average molecular weight is 517 g/mol. The normalized spacial score (nSPS) is 11.6. The van der Waals surface area contributed by atoms with E-state index in [-0.39, 0.29) is 12.2 Å². The first-order chi connectivity index (χ1) is 16.4. The van der Waals surface area contributed by atoms with Crippen LogP contribution in [0.3, 0.4) is 0 Å². The molecular weight excluding hydrogens is 488 g/mol. The summed E-state index contributed by atoms with van der Waals surface area (Å²) in [6.45, 7) is 0.556. The highest BCUT2D eigenvalue weighted by Gasteiger charge is 2.26. The maximum atomic E-state index is 14.2. The highest BCUT2D eigenvalue weighted by atomic mass is 32.2. The highest BCUT2D eigenvalue weighted by Crippen LogP contribution is 2.34. The quantitative estimate of drug-likeness (QED) is 0.209. The molecule has 11 heteroatoms. The number of carbonyl (C=O) groups excluding carboxylic acids is 2. The van der Waals surface area contributed by atoms with E-state index in [1.54, 1.807) is 45.3 Å². The standard InChI is InChI=1S/C21H21F4NO3S.C3H7NO/c1-13(17-9-18(22)20(29-3)10-19(17)28-2)15(11-27)7-14-5-4-6-16(8-14)30-26-12-21(23,24)25;1-4(2)3-5/h4-6,8-11,26H,7,12H2,1-3H3;3H,1-2H3/b15-13-;. The van der Waals surface area contributed by atoms with Crippen LogP contribution in [0.15, 0.2) is 46.9 Å². The molecule has 0 aliphatic carbocycles. The molecule has 2 aromatic rings. The Morgan fingerprint density at radius 2 is 1.71 bits per heavy atom. The zero-order valence-electron chi connectivity index (χ0n) is 20.0. The van der Waals surface area contributed by atoms with Gasteiger partial charge in [-0.15, -0.1) is 0 Å². The number of halogens is 4. The van der Waals surface area contributed by atoms with Crippen molar-refractivity contribution >= 4 is 30.2 Å². The number of benzene rings is 2. The molecule has 0 atom stereocenters. The molecule has 0 aliphatic rings. The second-order valence-corrected chi connectivity index (χ2v) is 8.35. The molecule has 35 heavy (non-hydrogen) atoms. The minimum atomic E-state index is -4.30. The molecule has 2 aromatic carbocycles. The van der Waals surface area contributed by atoms with Gasteiger partial charge in [0, 0.05) is 37.0 Å². The molecule has 0 spiro atoms. The SMILES string of the molecule is CN(C)C=O.COc1cc(OC)c(/C(C)=C(\C=O)Cc2cccc(SNCC(F)(F)F)c2)cc1F. The summed E-state index contributed by atoms with van der Waals surface area (Å²) in [6, 6.07) is 9.45. The van der Waals surface area contributed by atoms with Gasteiger partial charge < -0.3 is 14.4 Å². The van der Waals surface area contributed by atoms with Gasteiger partial charge >= 0.3 is 6.18 Å². The van der Waals surface area contributed by atoms with Gasteiger partial charge in [-0.3, -0.25) is 14.3 Å². The van der Waals surface area contributed by atoms with E-state index >= 15 is 0 Å². The number of rotatable bonds is 10. The largest absolute Gasteiger partial charge is 0.496 e. The van der Waals surface area contributed by atoms with Crippen LogP contribution in [0.1, 0.15) is 18.1 Å². The van der Waals surface area contributed by atoms with Gasteiger partial charge in [0.25, 0.3) is 0 Å². The average Bonchev–Trinajstić information content (AvgIpc) is 2.81. The Bertz CT molecular complexity index is 1030. The van der Waals surface area contributed by atoms with E-state index in [0.29, 0.717) is 33.6 Å². The molecule has 6 nitrogen and oxygen atoms in total. The smallest absolute Gasteiger partial charge is 0.402 e. The molecule has 192 valence electrons. The van der Waals surface area contributed by atoms with Crippen LogP contribution in [0.4, 0.5) is 17.6 Å². The minimum absolute atomic E-state index is 0.0205. The summed E-state index contributed by atoms with van der Waals surface area (Å²) in [5, 5.41) is 0. The number of allylic oxidation sites excluding steroid dienone is 2. The van der Waals surface area contributed by atoms with E-state index in [1.807, 2.05) is 0 Å². The first-order valence-electron chi connectivity index (χ1n) is 10.2. The van der Waals surface area contributed by atoms with Crippen LogP contribution in [0.5, 0.6) is 11.5 Å². The number of hydrogen-bond acceptors (Lipinski definition) is 6. The van der Waals surface area contributed by atoms with Crippen LogP contribution >= 0.6 is 11.9 Å². The molecule has 0 fully saturated rings. The van der Waals surface area contributed by atoms with E-state index in [0.717, 1.165) is 23.9 Å². The first-order valence-corrected chi connectivity index (χ1v) is 11.0. The fourth-order valence-electron chi connectivity index (χ4n) is 2.73. The lowest BCUT2D eigenvalue weighted by atomic mass is 9.96. The van der Waals surface area contributed by atoms with Crippen molar-refractivity contribution in [3.05, 3.63) is 58.9 Å². The lowest BCUT2D eigenvalue weighted by Gasteiger charge is -2.14. The van der Waals surface area contributed by atoms with Gasteiger partial charge in [-0.1, -0.05) is 12.1 Å². The van der Waals surface area contributed by atoms with E-state index in [9.17, 15) is 27.2 Å². The van der Waals surface area contributed by atoms with Crippen molar-refractivity contribution in [1.29, 1.82) is 0 Å². The van der Waals surface area contributed by atoms with E-state index in [4.69, 9.17) is 9.47 Å². The molecule has 0 aromatic heterocycles. The molecule has 0 saturated carbocycles. The summed E-state index contributed by atoms with van der Waals surface area (Å²) >= 11 is 0.855. The predicted octanol–water partition coefficient (Wildman–Crippen LogP) is 4.92. The first kappa shape index (κ1) is 30.0. The summed E-state index contributed by atoms with van der Waals surface area (Å²) in [4.78, 5) is 23.2. The maximum Gasteiger partial charge on any atom is 0.402 e. The van der Waals surface area contributed by atoms with Gasteiger partial charge in [-0.2, -0.15) is 13.2 Å². The Morgan fingerprint density at radius 1 is 1.09 bits per heavy atom. The summed E-state index contributed by atoms with van der Waals surface area (Å²) in [5.74, 6) is -0.218. The van der Waals surface area contributed by atoms with Gasteiger partial charge in [0.2, 0.25) is 6.41 Å². The molecule has 0 unspecified atom stereocenters. The van der Waals surface area contributed by atoms with Gasteiger partial charge in [-0.05, 0) is 53.8 Å². The zero-order valence-corrected chi connectivity index (χ0v) is 20.8. The Balaban J connectivity index is 0.00000111. The molecule has 0 saturated heterocycles. The third-order valence-corrected chi connectivity index (χ3v) is 5.25. The van der Waals surface area contributed by atoms with Gasteiger partial charge in [-0.25, -0.2) is 4.39 Å². The van der Waals surface area contributed by atoms with Crippen LogP contribution in [-0.4, -0.2) is 58.6 Å². The molecule has 2 rings (SSSR count). The number of nitrogens with zero attached hydrogens (tertiary/aromatic N) is 1. The van der Waals surface area contributed by atoms with E-state index < -0.39 is 18.5 Å². The van der Waals surface area contributed by atoms with E-state index in [2.05, 4.69) is 4.72 Å². The Morgan fingerprint density at radius 3 is 2.23 bits per heavy atom. The number of aldehydes is 1. The summed E-state index contributed by atoms with van der Waals surface area (Å²) in [7, 11) is 6.14. The number of methoxy groups -OCH3 is 2. The van der Waals surface area contributed by atoms with Crippen molar-refractivity contribution in [3.8, 4) is 11.5 Å². The van der Waals surface area contributed by atoms with Gasteiger partial charge in [0.15, 0.2) is 11.6 Å². The molecule has 0 bridgehead atoms. The van der Waals surface area contributed by atoms with E-state index in [1.165, 1.54) is 31.3 Å². The number of alkyl halides is 3. The molecular formula is C24H28F4N2O4S. The second-order valence-electron chi connectivity index (χ2n) is 7.39. The van der Waals surface area contributed by atoms with Gasteiger partial charge in [0.05, 0.1) is 14.2 Å². The van der Waals surface area contributed by atoms with Crippen molar-refractivity contribution in [2.24, 2.45) is 0 Å². The lowest BCUT2D eigenvalue weighted by Crippen LogP contribution is -2.23. The van der Waals surface area contributed by atoms with Crippen LogP contribution in [0.25, 0.3) is 5.57 Å². The predicted molar refractivity (Wildman–Crippen MR) is 128 cm³/mol. The van der Waals surface area contributed by atoms with Crippen molar-refractivity contribution in [2.45, 2.75) is 24.4 Å². The number of hydrogen-bond donors (Lipinski definition) is 1. The highest BCUT2D eigenvalue weighted by molar-refractivity contribution is 7.97. The van der Waals surface area contributed by atoms with Crippen LogP contribution in [0, 0.1) is 5.82 Å². The molecule has 0 heterocycles. The van der Waals surface area contributed by atoms with Crippen molar-refractivity contribution in [2.75, 3.05) is 34.9 Å². The summed E-state index contributed by atoms with van der Waals surface area (Å²) in [6.07, 6.45) is -2.65. The van der Waals surface area contributed by atoms with Crippen molar-refractivity contribution < 1.29 is 36.6 Å². The molecule has 0 aliphatic heterocycles. The summed E-state index contributed by atoms with van der Waals surface area (Å²) in [5.41, 5.74) is 2.05. The monoisotopic (exact) mass is 516 g/mol.